The number of carbonyl (C=O) groups is 1. The first-order valence-corrected chi connectivity index (χ1v) is 9.27. The number of hydrogen-bond acceptors (Lipinski definition) is 1. The van der Waals surface area contributed by atoms with E-state index in [1.54, 1.807) is 11.1 Å². The molecule has 2 fully saturated rings. The van der Waals surface area contributed by atoms with Crippen LogP contribution in [0.15, 0.2) is 41.5 Å². The number of carboxylic acid groups (broad SMARTS) is 1. The van der Waals surface area contributed by atoms with E-state index in [2.05, 4.69) is 24.3 Å². The van der Waals surface area contributed by atoms with E-state index < -0.39 is 5.97 Å². The highest BCUT2D eigenvalue weighted by molar-refractivity contribution is 5.73. The van der Waals surface area contributed by atoms with E-state index >= 15 is 0 Å². The topological polar surface area (TPSA) is 37.3 Å². The van der Waals surface area contributed by atoms with Gasteiger partial charge in [-0.15, -0.1) is 0 Å². The number of rotatable bonds is 2. The largest absolute Gasteiger partial charge is 0.481 e. The highest BCUT2D eigenvalue weighted by Gasteiger charge is 2.48. The zero-order valence-corrected chi connectivity index (χ0v) is 13.7. The van der Waals surface area contributed by atoms with Crippen LogP contribution >= 0.6 is 0 Å². The number of carboxylic acids is 1. The van der Waals surface area contributed by atoms with Gasteiger partial charge < -0.3 is 5.11 Å². The van der Waals surface area contributed by atoms with Gasteiger partial charge in [-0.2, -0.15) is 0 Å². The Hall–Kier alpha value is -1.57. The minimum Gasteiger partial charge on any atom is -0.481 e. The van der Waals surface area contributed by atoms with E-state index in [1.165, 1.54) is 44.1 Å². The van der Waals surface area contributed by atoms with Crippen LogP contribution in [0.1, 0.15) is 62.8 Å². The molecule has 1 aromatic carbocycles. The summed E-state index contributed by atoms with van der Waals surface area (Å²) in [5.41, 5.74) is 4.46. The molecule has 122 valence electrons. The fourth-order valence-electron chi connectivity index (χ4n) is 5.61. The normalized spacial score (nSPS) is 33.7. The summed E-state index contributed by atoms with van der Waals surface area (Å²) in [5, 5.41) is 10.1. The van der Waals surface area contributed by atoms with Crippen LogP contribution in [0.2, 0.25) is 0 Å². The van der Waals surface area contributed by atoms with Gasteiger partial charge in [-0.1, -0.05) is 54.3 Å². The van der Waals surface area contributed by atoms with E-state index in [9.17, 15) is 9.90 Å². The smallest absolute Gasteiger partial charge is 0.307 e. The Morgan fingerprint density at radius 3 is 2.13 bits per heavy atom. The van der Waals surface area contributed by atoms with Crippen molar-refractivity contribution in [1.29, 1.82) is 0 Å². The molecular formula is C21H26O2. The maximum Gasteiger partial charge on any atom is 0.307 e. The molecular weight excluding hydrogens is 284 g/mol. The minimum absolute atomic E-state index is 0.177. The highest BCUT2D eigenvalue weighted by atomic mass is 16.4. The van der Waals surface area contributed by atoms with Crippen molar-refractivity contribution in [1.82, 2.24) is 0 Å². The van der Waals surface area contributed by atoms with Gasteiger partial charge >= 0.3 is 5.97 Å². The molecule has 2 saturated carbocycles. The molecule has 1 aromatic rings. The first-order chi connectivity index (χ1) is 11.3. The molecule has 2 nitrogen and oxygen atoms in total. The molecule has 2 heteroatoms. The Labute approximate surface area is 138 Å². The molecule has 0 saturated heterocycles. The van der Waals surface area contributed by atoms with Gasteiger partial charge in [0.15, 0.2) is 0 Å². The zero-order chi connectivity index (χ0) is 15.8. The van der Waals surface area contributed by atoms with E-state index in [-0.39, 0.29) is 17.8 Å². The van der Waals surface area contributed by atoms with Crippen LogP contribution in [0.25, 0.3) is 0 Å². The van der Waals surface area contributed by atoms with Crippen LogP contribution in [0.4, 0.5) is 0 Å². The Kier molecular flexibility index (Phi) is 4.00. The molecule has 0 radical (unpaired) electrons. The van der Waals surface area contributed by atoms with Crippen LogP contribution in [0.5, 0.6) is 0 Å². The van der Waals surface area contributed by atoms with Gasteiger partial charge in [0.1, 0.15) is 0 Å². The molecule has 0 bridgehead atoms. The van der Waals surface area contributed by atoms with Crippen molar-refractivity contribution in [2.45, 2.75) is 57.3 Å². The van der Waals surface area contributed by atoms with Gasteiger partial charge in [0.2, 0.25) is 0 Å². The Balaban J connectivity index is 1.85. The van der Waals surface area contributed by atoms with Crippen LogP contribution in [0.3, 0.4) is 0 Å². The summed E-state index contributed by atoms with van der Waals surface area (Å²) in [6.07, 6.45) is 9.61. The molecule has 1 N–H and O–H groups in total. The molecule has 4 atom stereocenters. The van der Waals surface area contributed by atoms with Gasteiger partial charge in [0, 0.05) is 5.92 Å². The lowest BCUT2D eigenvalue weighted by atomic mass is 9.56. The summed E-state index contributed by atoms with van der Waals surface area (Å²) >= 11 is 0. The monoisotopic (exact) mass is 310 g/mol. The van der Waals surface area contributed by atoms with Crippen molar-refractivity contribution in [3.63, 3.8) is 0 Å². The van der Waals surface area contributed by atoms with Crippen molar-refractivity contribution in [2.75, 3.05) is 0 Å². The van der Waals surface area contributed by atoms with Crippen LogP contribution < -0.4 is 0 Å². The molecule has 4 unspecified atom stereocenters. The van der Waals surface area contributed by atoms with Gasteiger partial charge in [-0.05, 0) is 55.9 Å². The Morgan fingerprint density at radius 2 is 1.48 bits per heavy atom. The predicted octanol–water partition coefficient (Wildman–Crippen LogP) is 5.16. The maximum absolute atomic E-state index is 12.2. The zero-order valence-electron chi connectivity index (χ0n) is 13.7. The summed E-state index contributed by atoms with van der Waals surface area (Å²) in [6.45, 7) is 0. The lowest BCUT2D eigenvalue weighted by Gasteiger charge is -2.48. The summed E-state index contributed by atoms with van der Waals surface area (Å²) in [7, 11) is 0. The van der Waals surface area contributed by atoms with Crippen molar-refractivity contribution < 1.29 is 9.90 Å². The van der Waals surface area contributed by atoms with Gasteiger partial charge in [-0.25, -0.2) is 0 Å². The lowest BCUT2D eigenvalue weighted by molar-refractivity contribution is -0.145. The van der Waals surface area contributed by atoms with E-state index in [0.717, 1.165) is 12.8 Å². The SMILES string of the molecule is O=C(O)C1C2CCCCC2=C2CCCCC2C1c1ccccc1. The van der Waals surface area contributed by atoms with Gasteiger partial charge in [-0.3, -0.25) is 4.79 Å². The third-order valence-electron chi connectivity index (χ3n) is 6.45. The molecule has 0 spiro atoms. The number of benzene rings is 1. The molecule has 0 amide bonds. The summed E-state index contributed by atoms with van der Waals surface area (Å²) in [4.78, 5) is 12.2. The second kappa shape index (κ2) is 6.14. The van der Waals surface area contributed by atoms with Crippen molar-refractivity contribution in [3.8, 4) is 0 Å². The molecule has 0 aromatic heterocycles. The average molecular weight is 310 g/mol. The molecule has 3 aliphatic carbocycles. The van der Waals surface area contributed by atoms with Gasteiger partial charge in [0.05, 0.1) is 5.92 Å². The third kappa shape index (κ3) is 2.52. The van der Waals surface area contributed by atoms with Crippen LogP contribution in [-0.4, -0.2) is 11.1 Å². The second-order valence-corrected chi connectivity index (χ2v) is 7.56. The Morgan fingerprint density at radius 1 is 0.870 bits per heavy atom. The van der Waals surface area contributed by atoms with Crippen molar-refractivity contribution >= 4 is 5.97 Å². The van der Waals surface area contributed by atoms with Crippen LogP contribution in [-0.2, 0) is 4.79 Å². The summed E-state index contributed by atoms with van der Waals surface area (Å²) in [5.74, 6) is 0.135. The number of hydrogen-bond donors (Lipinski definition) is 1. The van der Waals surface area contributed by atoms with E-state index in [4.69, 9.17) is 0 Å². The predicted molar refractivity (Wildman–Crippen MR) is 91.3 cm³/mol. The molecule has 4 rings (SSSR count). The maximum atomic E-state index is 12.2. The van der Waals surface area contributed by atoms with E-state index in [1.807, 2.05) is 6.07 Å². The fraction of sp³-hybridized carbons (Fsp3) is 0.571. The van der Waals surface area contributed by atoms with E-state index in [0.29, 0.717) is 5.92 Å². The quantitative estimate of drug-likeness (QED) is 0.766. The second-order valence-electron chi connectivity index (χ2n) is 7.56. The number of aliphatic carboxylic acids is 1. The highest BCUT2D eigenvalue weighted by Crippen LogP contribution is 2.56. The summed E-state index contributed by atoms with van der Waals surface area (Å²) < 4.78 is 0. The minimum atomic E-state index is -0.576. The Bertz CT molecular complexity index is 616. The fourth-order valence-corrected chi connectivity index (χ4v) is 5.61. The standard InChI is InChI=1S/C21H26O2/c22-21(23)20-18-13-7-5-11-16(18)15-10-4-6-12-17(15)19(20)14-8-2-1-3-9-14/h1-3,8-9,17-20H,4-7,10-13H2,(H,22,23). The molecule has 23 heavy (non-hydrogen) atoms. The first-order valence-electron chi connectivity index (χ1n) is 9.27. The summed E-state index contributed by atoms with van der Waals surface area (Å²) in [6, 6.07) is 10.5. The average Bonchev–Trinajstić information content (AvgIpc) is 2.61. The lowest BCUT2D eigenvalue weighted by Crippen LogP contribution is -2.42. The van der Waals surface area contributed by atoms with Crippen molar-refractivity contribution in [2.24, 2.45) is 17.8 Å². The number of fused-ring (bicyclic) bond motifs is 2. The third-order valence-corrected chi connectivity index (χ3v) is 6.45. The van der Waals surface area contributed by atoms with Gasteiger partial charge in [0.25, 0.3) is 0 Å². The first kappa shape index (κ1) is 15.0. The van der Waals surface area contributed by atoms with Crippen molar-refractivity contribution in [3.05, 3.63) is 47.0 Å². The molecule has 3 aliphatic rings. The van der Waals surface area contributed by atoms with Crippen LogP contribution in [0, 0.1) is 17.8 Å². The molecule has 0 heterocycles. The number of allylic oxidation sites excluding steroid dienone is 2. The molecule has 0 aliphatic heterocycles.